The third-order valence-corrected chi connectivity index (χ3v) is 4.20. The molecule has 0 bridgehead atoms. The molecule has 0 N–H and O–H groups in total. The third-order valence-electron chi connectivity index (χ3n) is 2.74. The van der Waals surface area contributed by atoms with Crippen molar-refractivity contribution in [1.29, 1.82) is 0 Å². The van der Waals surface area contributed by atoms with Gasteiger partial charge in [-0.15, -0.1) is 0 Å². The zero-order valence-corrected chi connectivity index (χ0v) is 13.1. The molecule has 1 rings (SSSR count). The molecule has 0 aromatic heterocycles. The second-order valence-corrected chi connectivity index (χ2v) is 7.43. The standard InChI is InChI=1S/C13H20ClO3P/c1-9(2)11-7-6-8-12(10(3)4)13(11)17-18(14,15)16-5/h6-10H,1-5H3. The Labute approximate surface area is 114 Å². The van der Waals surface area contributed by atoms with E-state index in [1.807, 2.05) is 18.2 Å². The molecule has 0 heterocycles. The van der Waals surface area contributed by atoms with Gasteiger partial charge in [0.15, 0.2) is 0 Å². The van der Waals surface area contributed by atoms with Gasteiger partial charge < -0.3 is 4.52 Å². The van der Waals surface area contributed by atoms with Gasteiger partial charge in [0.05, 0.1) is 0 Å². The lowest BCUT2D eigenvalue weighted by Crippen LogP contribution is -2.01. The van der Waals surface area contributed by atoms with Crippen molar-refractivity contribution in [3.8, 4) is 5.75 Å². The number of para-hydroxylation sites is 1. The highest BCUT2D eigenvalue weighted by Gasteiger charge is 2.25. The van der Waals surface area contributed by atoms with Crippen molar-refractivity contribution >= 4 is 18.2 Å². The van der Waals surface area contributed by atoms with Gasteiger partial charge in [-0.1, -0.05) is 45.9 Å². The summed E-state index contributed by atoms with van der Waals surface area (Å²) in [6.45, 7) is 4.66. The Kier molecular flexibility index (Phi) is 5.27. The molecule has 102 valence electrons. The maximum atomic E-state index is 11.8. The predicted octanol–water partition coefficient (Wildman–Crippen LogP) is 5.31. The van der Waals surface area contributed by atoms with Gasteiger partial charge in [0, 0.05) is 18.4 Å². The number of hydrogen-bond donors (Lipinski definition) is 0. The lowest BCUT2D eigenvalue weighted by Gasteiger charge is -2.21. The van der Waals surface area contributed by atoms with Crippen LogP contribution in [0.5, 0.6) is 5.75 Å². The van der Waals surface area contributed by atoms with E-state index in [1.165, 1.54) is 7.11 Å². The van der Waals surface area contributed by atoms with Gasteiger partial charge in [0.2, 0.25) is 0 Å². The van der Waals surface area contributed by atoms with Crippen molar-refractivity contribution in [3.05, 3.63) is 29.3 Å². The fraction of sp³-hybridized carbons (Fsp3) is 0.538. The lowest BCUT2D eigenvalue weighted by molar-refractivity contribution is 0.337. The molecule has 0 radical (unpaired) electrons. The van der Waals surface area contributed by atoms with Crippen LogP contribution in [0.4, 0.5) is 0 Å². The molecule has 1 aromatic carbocycles. The maximum absolute atomic E-state index is 11.8. The molecule has 1 aromatic rings. The fourth-order valence-electron chi connectivity index (χ4n) is 1.73. The topological polar surface area (TPSA) is 35.5 Å². The normalized spacial score (nSPS) is 14.9. The van der Waals surface area contributed by atoms with Crippen molar-refractivity contribution in [2.45, 2.75) is 39.5 Å². The Morgan fingerprint density at radius 1 is 1.11 bits per heavy atom. The molecule has 0 saturated carbocycles. The van der Waals surface area contributed by atoms with Crippen molar-refractivity contribution in [2.24, 2.45) is 0 Å². The summed E-state index contributed by atoms with van der Waals surface area (Å²) in [6, 6.07) is 5.89. The monoisotopic (exact) mass is 290 g/mol. The van der Waals surface area contributed by atoms with Gasteiger partial charge >= 0.3 is 6.95 Å². The minimum absolute atomic E-state index is 0.257. The van der Waals surface area contributed by atoms with E-state index in [0.717, 1.165) is 11.1 Å². The summed E-state index contributed by atoms with van der Waals surface area (Å²) in [5, 5.41) is 0. The predicted molar refractivity (Wildman–Crippen MR) is 75.7 cm³/mol. The fourth-order valence-corrected chi connectivity index (χ4v) is 2.44. The van der Waals surface area contributed by atoms with Crippen LogP contribution in [0.1, 0.15) is 50.7 Å². The summed E-state index contributed by atoms with van der Waals surface area (Å²) in [5.41, 5.74) is 1.97. The molecular weight excluding hydrogens is 271 g/mol. The van der Waals surface area contributed by atoms with E-state index in [9.17, 15) is 4.57 Å². The molecule has 0 aliphatic carbocycles. The Morgan fingerprint density at radius 3 is 1.89 bits per heavy atom. The SMILES string of the molecule is COP(=O)(Cl)Oc1c(C(C)C)cccc1C(C)C. The quantitative estimate of drug-likeness (QED) is 0.690. The van der Waals surface area contributed by atoms with E-state index >= 15 is 0 Å². The first-order valence-corrected chi connectivity index (χ1v) is 8.41. The largest absolute Gasteiger partial charge is 0.476 e. The van der Waals surface area contributed by atoms with Crippen LogP contribution < -0.4 is 4.52 Å². The molecule has 0 aliphatic rings. The van der Waals surface area contributed by atoms with Crippen molar-refractivity contribution in [1.82, 2.24) is 0 Å². The molecule has 3 nitrogen and oxygen atoms in total. The zero-order chi connectivity index (χ0) is 13.9. The summed E-state index contributed by atoms with van der Waals surface area (Å²) in [7, 11) is 1.28. The molecule has 0 aliphatic heterocycles. The number of benzene rings is 1. The molecule has 0 saturated heterocycles. The zero-order valence-electron chi connectivity index (χ0n) is 11.4. The van der Waals surface area contributed by atoms with Gasteiger partial charge in [0.1, 0.15) is 5.75 Å². The minimum atomic E-state index is -3.56. The van der Waals surface area contributed by atoms with Gasteiger partial charge in [-0.25, -0.2) is 4.57 Å². The summed E-state index contributed by atoms with van der Waals surface area (Å²) in [4.78, 5) is 0. The molecular formula is C13H20ClO3P. The van der Waals surface area contributed by atoms with Crippen molar-refractivity contribution in [2.75, 3.05) is 7.11 Å². The van der Waals surface area contributed by atoms with Crippen LogP contribution in [0.15, 0.2) is 18.2 Å². The smallest absolute Gasteiger partial charge is 0.413 e. The van der Waals surface area contributed by atoms with Crippen molar-refractivity contribution in [3.63, 3.8) is 0 Å². The molecule has 5 heteroatoms. The first-order valence-electron chi connectivity index (χ1n) is 5.96. The van der Waals surface area contributed by atoms with Crippen LogP contribution in [-0.2, 0) is 9.09 Å². The Hall–Kier alpha value is -0.500. The van der Waals surface area contributed by atoms with E-state index in [1.54, 1.807) is 0 Å². The van der Waals surface area contributed by atoms with Gasteiger partial charge in [-0.3, -0.25) is 4.52 Å². The number of halogens is 1. The Morgan fingerprint density at radius 2 is 1.56 bits per heavy atom. The van der Waals surface area contributed by atoms with Gasteiger partial charge in [-0.05, 0) is 23.0 Å². The van der Waals surface area contributed by atoms with E-state index < -0.39 is 6.95 Å². The van der Waals surface area contributed by atoms with Crippen LogP contribution in [-0.4, -0.2) is 7.11 Å². The van der Waals surface area contributed by atoms with E-state index in [2.05, 4.69) is 27.7 Å². The molecule has 18 heavy (non-hydrogen) atoms. The lowest BCUT2D eigenvalue weighted by atomic mass is 9.94. The van der Waals surface area contributed by atoms with Crippen LogP contribution in [0, 0.1) is 0 Å². The summed E-state index contributed by atoms with van der Waals surface area (Å²) in [6.07, 6.45) is 0. The average Bonchev–Trinajstić information content (AvgIpc) is 2.28. The van der Waals surface area contributed by atoms with Crippen LogP contribution >= 0.6 is 18.2 Å². The first kappa shape index (κ1) is 15.6. The van der Waals surface area contributed by atoms with Crippen LogP contribution in [0.25, 0.3) is 0 Å². The highest BCUT2D eigenvalue weighted by Crippen LogP contribution is 2.54. The minimum Gasteiger partial charge on any atom is -0.413 e. The number of rotatable bonds is 5. The molecule has 0 fully saturated rings. The van der Waals surface area contributed by atoms with E-state index in [0.29, 0.717) is 5.75 Å². The highest BCUT2D eigenvalue weighted by molar-refractivity contribution is 7.81. The van der Waals surface area contributed by atoms with E-state index in [-0.39, 0.29) is 11.8 Å². The molecule has 0 amide bonds. The van der Waals surface area contributed by atoms with Gasteiger partial charge in [-0.2, -0.15) is 0 Å². The van der Waals surface area contributed by atoms with Crippen LogP contribution in [0.2, 0.25) is 0 Å². The molecule has 1 unspecified atom stereocenters. The summed E-state index contributed by atoms with van der Waals surface area (Å²) >= 11 is 5.72. The third kappa shape index (κ3) is 3.74. The second kappa shape index (κ2) is 6.10. The summed E-state index contributed by atoms with van der Waals surface area (Å²) < 4.78 is 22.0. The van der Waals surface area contributed by atoms with E-state index in [4.69, 9.17) is 20.3 Å². The maximum Gasteiger partial charge on any atom is 0.476 e. The first-order chi connectivity index (χ1) is 8.28. The Bertz CT molecular complexity index is 431. The van der Waals surface area contributed by atoms with Gasteiger partial charge in [0.25, 0.3) is 0 Å². The van der Waals surface area contributed by atoms with Crippen molar-refractivity contribution < 1.29 is 13.6 Å². The second-order valence-electron chi connectivity index (χ2n) is 4.78. The average molecular weight is 291 g/mol. The highest BCUT2D eigenvalue weighted by atomic mass is 35.7. The number of hydrogen-bond acceptors (Lipinski definition) is 3. The Balaban J connectivity index is 3.32. The molecule has 0 spiro atoms. The van der Waals surface area contributed by atoms with Crippen LogP contribution in [0.3, 0.4) is 0 Å². The summed E-state index contributed by atoms with van der Waals surface area (Å²) in [5.74, 6) is 1.10. The molecule has 1 atom stereocenters.